The number of ether oxygens (including phenoxy) is 1. The molecule has 0 bridgehead atoms. The highest BCUT2D eigenvalue weighted by atomic mass is 32.1. The Morgan fingerprint density at radius 2 is 1.88 bits per heavy atom. The highest BCUT2D eigenvalue weighted by molar-refractivity contribution is 7.80. The number of rotatable bonds is 9. The summed E-state index contributed by atoms with van der Waals surface area (Å²) in [6.45, 7) is 0.426. The zero-order chi connectivity index (χ0) is 18.9. The number of aliphatic carboxylic acids is 1. The predicted molar refractivity (Wildman–Crippen MR) is 85.0 cm³/mol. The molecule has 0 aliphatic heterocycles. The second-order valence-electron chi connectivity index (χ2n) is 4.76. The number of carbonyl (C=O) groups is 5. The van der Waals surface area contributed by atoms with Gasteiger partial charge in [-0.05, 0) is 6.42 Å². The van der Waals surface area contributed by atoms with Crippen LogP contribution >= 0.6 is 12.6 Å². The molecule has 10 nitrogen and oxygen atoms in total. The Hall–Kier alpha value is -2.14. The summed E-state index contributed by atoms with van der Waals surface area (Å²) in [6.07, 6.45) is -0.350. The normalized spacial score (nSPS) is 12.7. The van der Waals surface area contributed by atoms with Gasteiger partial charge in [0.2, 0.25) is 17.7 Å². The lowest BCUT2D eigenvalue weighted by Gasteiger charge is -2.27. The Bertz CT molecular complexity index is 512. The summed E-state index contributed by atoms with van der Waals surface area (Å²) in [6, 6.07) is -2.31. The number of methoxy groups -OCH3 is 1. The molecule has 2 unspecified atom stereocenters. The van der Waals surface area contributed by atoms with Crippen LogP contribution in [0.4, 0.5) is 0 Å². The fourth-order valence-corrected chi connectivity index (χ4v) is 2.13. The Balaban J connectivity index is 4.99. The maximum Gasteiger partial charge on any atom is 0.322 e. The molecule has 0 saturated heterocycles. The Labute approximate surface area is 144 Å². The quantitative estimate of drug-likeness (QED) is 0.274. The van der Waals surface area contributed by atoms with Crippen LogP contribution in [0.1, 0.15) is 19.8 Å². The summed E-state index contributed by atoms with van der Waals surface area (Å²) >= 11 is 3.93. The molecule has 3 amide bonds. The minimum Gasteiger partial charge on any atom is -0.480 e. The molecule has 0 aromatic rings. The zero-order valence-electron chi connectivity index (χ0n) is 13.4. The highest BCUT2D eigenvalue weighted by Gasteiger charge is 2.32. The van der Waals surface area contributed by atoms with Gasteiger partial charge in [-0.25, -0.2) is 0 Å². The van der Waals surface area contributed by atoms with Gasteiger partial charge in [0.15, 0.2) is 0 Å². The van der Waals surface area contributed by atoms with Crippen molar-refractivity contribution in [3.05, 3.63) is 0 Å². The number of imide groups is 1. The van der Waals surface area contributed by atoms with Crippen LogP contribution in [-0.2, 0) is 28.7 Å². The molecule has 0 aromatic carbocycles. The molecule has 0 rings (SSSR count). The summed E-state index contributed by atoms with van der Waals surface area (Å²) in [4.78, 5) is 58.2. The van der Waals surface area contributed by atoms with Gasteiger partial charge in [0.05, 0.1) is 7.11 Å². The third-order valence-electron chi connectivity index (χ3n) is 2.98. The lowest BCUT2D eigenvalue weighted by molar-refractivity contribution is -0.150. The fraction of sp³-hybridized carbons (Fsp3) is 0.615. The Kier molecular flexibility index (Phi) is 9.65. The average Bonchev–Trinajstić information content (AvgIpc) is 2.53. The SMILES string of the molecule is COC(=O)C(N)CCC(=O)N(C(C)=O)C(CS)C(=O)NCC(=O)O. The van der Waals surface area contributed by atoms with E-state index in [1.54, 1.807) is 0 Å². The molecule has 0 spiro atoms. The molecular weight excluding hydrogens is 342 g/mol. The molecule has 0 radical (unpaired) electrons. The summed E-state index contributed by atoms with van der Waals surface area (Å²) in [5.74, 6) is -4.44. The summed E-state index contributed by atoms with van der Waals surface area (Å²) < 4.78 is 4.43. The summed E-state index contributed by atoms with van der Waals surface area (Å²) in [5.41, 5.74) is 5.51. The first-order valence-electron chi connectivity index (χ1n) is 6.92. The van der Waals surface area contributed by atoms with E-state index in [9.17, 15) is 24.0 Å². The van der Waals surface area contributed by atoms with Crippen LogP contribution in [0, 0.1) is 0 Å². The van der Waals surface area contributed by atoms with Gasteiger partial charge in [-0.3, -0.25) is 28.9 Å². The van der Waals surface area contributed by atoms with Crippen LogP contribution in [-0.4, -0.2) is 71.2 Å². The van der Waals surface area contributed by atoms with Crippen LogP contribution < -0.4 is 11.1 Å². The summed E-state index contributed by atoms with van der Waals surface area (Å²) in [5, 5.41) is 10.6. The van der Waals surface area contributed by atoms with E-state index in [2.05, 4.69) is 22.7 Å². The third-order valence-corrected chi connectivity index (χ3v) is 3.33. The van der Waals surface area contributed by atoms with Gasteiger partial charge in [-0.2, -0.15) is 12.6 Å². The van der Waals surface area contributed by atoms with Crippen molar-refractivity contribution in [1.82, 2.24) is 10.2 Å². The number of carboxylic acids is 1. The minimum absolute atomic E-state index is 0.0781. The van der Waals surface area contributed by atoms with Crippen molar-refractivity contribution < 1.29 is 33.8 Å². The van der Waals surface area contributed by atoms with Crippen LogP contribution in [0.2, 0.25) is 0 Å². The number of carbonyl (C=O) groups excluding carboxylic acids is 4. The van der Waals surface area contributed by atoms with Crippen molar-refractivity contribution >= 4 is 42.3 Å². The molecule has 2 atom stereocenters. The van der Waals surface area contributed by atoms with Crippen molar-refractivity contribution in [3.8, 4) is 0 Å². The Morgan fingerprint density at radius 3 is 2.29 bits per heavy atom. The second-order valence-corrected chi connectivity index (χ2v) is 5.13. The van der Waals surface area contributed by atoms with Gasteiger partial charge in [0.25, 0.3) is 0 Å². The summed E-state index contributed by atoms with van der Waals surface area (Å²) in [7, 11) is 1.15. The smallest absolute Gasteiger partial charge is 0.322 e. The first-order chi connectivity index (χ1) is 11.1. The average molecular weight is 363 g/mol. The van der Waals surface area contributed by atoms with E-state index in [1.807, 2.05) is 0 Å². The van der Waals surface area contributed by atoms with Crippen molar-refractivity contribution in [2.75, 3.05) is 19.4 Å². The molecule has 0 aliphatic carbocycles. The number of hydrogen-bond donors (Lipinski definition) is 4. The monoisotopic (exact) mass is 363 g/mol. The molecule has 136 valence electrons. The number of esters is 1. The molecule has 0 saturated carbocycles. The number of nitrogens with one attached hydrogen (secondary N) is 1. The van der Waals surface area contributed by atoms with Crippen LogP contribution in [0.5, 0.6) is 0 Å². The van der Waals surface area contributed by atoms with E-state index in [4.69, 9.17) is 10.8 Å². The minimum atomic E-state index is -1.27. The van der Waals surface area contributed by atoms with Crippen LogP contribution in [0.25, 0.3) is 0 Å². The van der Waals surface area contributed by atoms with E-state index in [-0.39, 0.29) is 18.6 Å². The largest absolute Gasteiger partial charge is 0.480 e. The van der Waals surface area contributed by atoms with Crippen LogP contribution in [0.15, 0.2) is 0 Å². The standard InChI is InChI=1S/C13H21N3O7S/c1-7(17)16(9(6-24)12(21)15-5-11(19)20)10(18)4-3-8(14)13(22)23-2/h8-9,24H,3-6,14H2,1-2H3,(H,15,21)(H,19,20). The molecule has 0 heterocycles. The molecule has 11 heteroatoms. The van der Waals surface area contributed by atoms with Gasteiger partial charge < -0.3 is 20.9 Å². The first kappa shape index (κ1) is 21.9. The molecule has 0 fully saturated rings. The second kappa shape index (κ2) is 10.6. The zero-order valence-corrected chi connectivity index (χ0v) is 14.2. The van der Waals surface area contributed by atoms with Gasteiger partial charge in [0.1, 0.15) is 18.6 Å². The third kappa shape index (κ3) is 6.96. The van der Waals surface area contributed by atoms with Gasteiger partial charge in [0, 0.05) is 19.1 Å². The Morgan fingerprint density at radius 1 is 1.29 bits per heavy atom. The van der Waals surface area contributed by atoms with E-state index < -0.39 is 48.3 Å². The number of nitrogens with zero attached hydrogens (tertiary/aromatic N) is 1. The lowest BCUT2D eigenvalue weighted by Crippen LogP contribution is -2.53. The van der Waals surface area contributed by atoms with Gasteiger partial charge >= 0.3 is 11.9 Å². The maximum absolute atomic E-state index is 12.2. The number of amides is 3. The number of hydrogen-bond acceptors (Lipinski definition) is 8. The number of nitrogens with two attached hydrogens (primary N) is 1. The molecule has 24 heavy (non-hydrogen) atoms. The van der Waals surface area contributed by atoms with E-state index >= 15 is 0 Å². The molecule has 0 aromatic heterocycles. The van der Waals surface area contributed by atoms with Crippen LogP contribution in [0.3, 0.4) is 0 Å². The lowest BCUT2D eigenvalue weighted by atomic mass is 10.1. The van der Waals surface area contributed by atoms with E-state index in [1.165, 1.54) is 0 Å². The van der Waals surface area contributed by atoms with Gasteiger partial charge in [-0.1, -0.05) is 0 Å². The molecule has 4 N–H and O–H groups in total. The van der Waals surface area contributed by atoms with E-state index in [0.717, 1.165) is 14.0 Å². The highest BCUT2D eigenvalue weighted by Crippen LogP contribution is 2.09. The molecular formula is C13H21N3O7S. The molecule has 0 aliphatic rings. The van der Waals surface area contributed by atoms with Crippen molar-refractivity contribution in [2.24, 2.45) is 5.73 Å². The van der Waals surface area contributed by atoms with Crippen molar-refractivity contribution in [2.45, 2.75) is 31.8 Å². The van der Waals surface area contributed by atoms with Gasteiger partial charge in [-0.15, -0.1) is 0 Å². The number of thiol groups is 1. The topological polar surface area (TPSA) is 156 Å². The first-order valence-corrected chi connectivity index (χ1v) is 7.55. The van der Waals surface area contributed by atoms with E-state index in [0.29, 0.717) is 4.90 Å². The van der Waals surface area contributed by atoms with Crippen molar-refractivity contribution in [1.29, 1.82) is 0 Å². The predicted octanol–water partition coefficient (Wildman–Crippen LogP) is -1.86. The number of carboxylic acid groups (broad SMARTS) is 1. The maximum atomic E-state index is 12.2. The van der Waals surface area contributed by atoms with Crippen molar-refractivity contribution in [3.63, 3.8) is 0 Å². The fourth-order valence-electron chi connectivity index (χ4n) is 1.80.